The number of hydrogen-bond donors (Lipinski definition) is 4. The fraction of sp³-hybridized carbons (Fsp3) is 0.538. The lowest BCUT2D eigenvalue weighted by atomic mass is 9.95. The third-order valence-corrected chi connectivity index (χ3v) is 3.21. The number of benzene rings is 1. The van der Waals surface area contributed by atoms with Gasteiger partial charge >= 0.3 is 0 Å². The van der Waals surface area contributed by atoms with Crippen LogP contribution in [-0.4, -0.2) is 57.6 Å². The molecule has 0 aromatic heterocycles. The van der Waals surface area contributed by atoms with Crippen LogP contribution in [0.4, 0.5) is 0 Å². The molecule has 0 amide bonds. The average molecular weight is 270 g/mol. The molecule has 3 unspecified atom stereocenters. The van der Waals surface area contributed by atoms with Crippen LogP contribution in [-0.2, 0) is 4.74 Å². The maximum Gasteiger partial charge on any atom is 0.155 e. The summed E-state index contributed by atoms with van der Waals surface area (Å²) in [5.74, 6) is 0.508. The molecule has 0 aliphatic carbocycles. The second-order valence-electron chi connectivity index (χ2n) is 4.62. The van der Waals surface area contributed by atoms with E-state index in [1.807, 2.05) is 0 Å². The molecule has 1 fully saturated rings. The first-order chi connectivity index (χ1) is 9.02. The molecular formula is C13H18O6. The highest BCUT2D eigenvalue weighted by Crippen LogP contribution is 2.26. The fourth-order valence-corrected chi connectivity index (χ4v) is 2.09. The van der Waals surface area contributed by atoms with E-state index in [0.717, 1.165) is 0 Å². The van der Waals surface area contributed by atoms with E-state index in [1.165, 1.54) is 24.3 Å². The molecule has 0 saturated carbocycles. The Morgan fingerprint density at radius 1 is 1.16 bits per heavy atom. The SMILES string of the molecule is C[C@H]1OC(CO)[C@H](O)C(Oc2ccc(O)cc2)C1O. The molecule has 1 aromatic rings. The van der Waals surface area contributed by atoms with Crippen LogP contribution in [0.3, 0.4) is 0 Å². The van der Waals surface area contributed by atoms with E-state index in [2.05, 4.69) is 0 Å². The van der Waals surface area contributed by atoms with Crippen molar-refractivity contribution >= 4 is 0 Å². The molecule has 5 atom stereocenters. The molecule has 1 aliphatic rings. The highest BCUT2D eigenvalue weighted by atomic mass is 16.6. The Bertz CT molecular complexity index is 406. The Balaban J connectivity index is 2.13. The van der Waals surface area contributed by atoms with Crippen molar-refractivity contribution in [2.75, 3.05) is 6.61 Å². The standard InChI is InChI=1S/C13H18O6/c1-7-11(16)13(12(17)10(6-14)18-7)19-9-4-2-8(15)3-5-9/h2-5,7,10-17H,6H2,1H3/t7-,10?,11?,12+,13?/m1/s1. The van der Waals surface area contributed by atoms with Gasteiger partial charge in [0.05, 0.1) is 12.7 Å². The number of hydrogen-bond acceptors (Lipinski definition) is 6. The van der Waals surface area contributed by atoms with Crippen molar-refractivity contribution in [2.24, 2.45) is 0 Å². The van der Waals surface area contributed by atoms with Crippen molar-refractivity contribution in [2.45, 2.75) is 37.4 Å². The first kappa shape index (κ1) is 14.1. The van der Waals surface area contributed by atoms with Crippen LogP contribution < -0.4 is 4.74 Å². The monoisotopic (exact) mass is 270 g/mol. The van der Waals surface area contributed by atoms with Crippen LogP contribution >= 0.6 is 0 Å². The number of aromatic hydroxyl groups is 1. The summed E-state index contributed by atoms with van der Waals surface area (Å²) in [6.45, 7) is 1.29. The first-order valence-corrected chi connectivity index (χ1v) is 6.11. The Labute approximate surface area is 110 Å². The van der Waals surface area contributed by atoms with Crippen LogP contribution in [0.25, 0.3) is 0 Å². The van der Waals surface area contributed by atoms with E-state index in [9.17, 15) is 15.3 Å². The van der Waals surface area contributed by atoms with Crippen molar-refractivity contribution in [3.05, 3.63) is 24.3 Å². The molecule has 1 heterocycles. The Hall–Kier alpha value is -1.34. The van der Waals surface area contributed by atoms with E-state index in [0.29, 0.717) is 5.75 Å². The van der Waals surface area contributed by atoms with Gasteiger partial charge in [-0.1, -0.05) is 0 Å². The molecule has 19 heavy (non-hydrogen) atoms. The summed E-state index contributed by atoms with van der Waals surface area (Å²) in [5.41, 5.74) is 0. The first-order valence-electron chi connectivity index (χ1n) is 6.11. The van der Waals surface area contributed by atoms with Crippen LogP contribution in [0.15, 0.2) is 24.3 Å². The minimum atomic E-state index is -1.13. The quantitative estimate of drug-likeness (QED) is 0.598. The van der Waals surface area contributed by atoms with Crippen LogP contribution in [0.5, 0.6) is 11.5 Å². The van der Waals surface area contributed by atoms with Crippen molar-refractivity contribution in [1.29, 1.82) is 0 Å². The fourth-order valence-electron chi connectivity index (χ4n) is 2.09. The van der Waals surface area contributed by atoms with Gasteiger partial charge in [-0.2, -0.15) is 0 Å². The summed E-state index contributed by atoms with van der Waals surface area (Å²) in [4.78, 5) is 0. The molecule has 1 saturated heterocycles. The highest BCUT2D eigenvalue weighted by molar-refractivity contribution is 5.30. The zero-order chi connectivity index (χ0) is 14.0. The predicted octanol–water partition coefficient (Wildman–Crippen LogP) is -0.359. The summed E-state index contributed by atoms with van der Waals surface area (Å²) < 4.78 is 10.8. The summed E-state index contributed by atoms with van der Waals surface area (Å²) >= 11 is 0. The highest BCUT2D eigenvalue weighted by Gasteiger charge is 2.44. The molecule has 1 aliphatic heterocycles. The lowest BCUT2D eigenvalue weighted by Gasteiger charge is -2.40. The zero-order valence-electron chi connectivity index (χ0n) is 10.5. The van der Waals surface area contributed by atoms with Gasteiger partial charge in [0.2, 0.25) is 0 Å². The van der Waals surface area contributed by atoms with E-state index in [4.69, 9.17) is 14.6 Å². The lowest BCUT2D eigenvalue weighted by molar-refractivity contribution is -0.217. The van der Waals surface area contributed by atoms with Gasteiger partial charge in [-0.05, 0) is 31.2 Å². The minimum Gasteiger partial charge on any atom is -0.508 e. The van der Waals surface area contributed by atoms with Crippen LogP contribution in [0.2, 0.25) is 0 Å². The van der Waals surface area contributed by atoms with Gasteiger partial charge in [0.15, 0.2) is 6.10 Å². The summed E-state index contributed by atoms with van der Waals surface area (Å²) in [6, 6.07) is 5.95. The molecule has 106 valence electrons. The second-order valence-corrected chi connectivity index (χ2v) is 4.62. The zero-order valence-corrected chi connectivity index (χ0v) is 10.5. The maximum atomic E-state index is 10.0. The molecule has 1 aromatic carbocycles. The smallest absolute Gasteiger partial charge is 0.155 e. The minimum absolute atomic E-state index is 0.0991. The molecule has 0 spiro atoms. The topological polar surface area (TPSA) is 99.4 Å². The maximum absolute atomic E-state index is 10.0. The van der Waals surface area contributed by atoms with Gasteiger partial charge in [0.25, 0.3) is 0 Å². The molecule has 6 nitrogen and oxygen atoms in total. The lowest BCUT2D eigenvalue weighted by Crippen LogP contribution is -2.59. The van der Waals surface area contributed by atoms with E-state index >= 15 is 0 Å². The molecule has 6 heteroatoms. The summed E-state index contributed by atoms with van der Waals surface area (Å²) in [5, 5.41) is 38.3. The van der Waals surface area contributed by atoms with Crippen molar-refractivity contribution in [3.63, 3.8) is 0 Å². The van der Waals surface area contributed by atoms with Gasteiger partial charge < -0.3 is 29.9 Å². The Morgan fingerprint density at radius 3 is 2.37 bits per heavy atom. The number of rotatable bonds is 3. The normalized spacial score (nSPS) is 35.1. The second kappa shape index (κ2) is 5.75. The third kappa shape index (κ3) is 2.98. The van der Waals surface area contributed by atoms with Crippen molar-refractivity contribution in [3.8, 4) is 11.5 Å². The van der Waals surface area contributed by atoms with Gasteiger partial charge in [-0.25, -0.2) is 0 Å². The Kier molecular flexibility index (Phi) is 4.26. The molecule has 0 bridgehead atoms. The molecule has 2 rings (SSSR count). The molecule has 0 radical (unpaired) electrons. The molecule has 4 N–H and O–H groups in total. The van der Waals surface area contributed by atoms with Crippen LogP contribution in [0.1, 0.15) is 6.92 Å². The van der Waals surface area contributed by atoms with Crippen molar-refractivity contribution in [1.82, 2.24) is 0 Å². The average Bonchev–Trinajstić information content (AvgIpc) is 2.41. The summed E-state index contributed by atoms with van der Waals surface area (Å²) in [7, 11) is 0. The number of phenols is 1. The van der Waals surface area contributed by atoms with Gasteiger partial charge in [0, 0.05) is 0 Å². The Morgan fingerprint density at radius 2 is 1.79 bits per heavy atom. The largest absolute Gasteiger partial charge is 0.508 e. The summed E-state index contributed by atoms with van der Waals surface area (Å²) in [6.07, 6.45) is -4.38. The number of aliphatic hydroxyl groups is 3. The van der Waals surface area contributed by atoms with Crippen LogP contribution in [0, 0.1) is 0 Å². The predicted molar refractivity (Wildman–Crippen MR) is 66.0 cm³/mol. The van der Waals surface area contributed by atoms with Gasteiger partial charge in [-0.15, -0.1) is 0 Å². The number of aliphatic hydroxyl groups excluding tert-OH is 3. The van der Waals surface area contributed by atoms with Gasteiger partial charge in [-0.3, -0.25) is 0 Å². The molecular weight excluding hydrogens is 252 g/mol. The van der Waals surface area contributed by atoms with E-state index < -0.39 is 30.5 Å². The number of ether oxygens (including phenoxy) is 2. The van der Waals surface area contributed by atoms with E-state index in [1.54, 1.807) is 6.92 Å². The third-order valence-electron chi connectivity index (χ3n) is 3.21. The van der Waals surface area contributed by atoms with E-state index in [-0.39, 0.29) is 12.4 Å². The number of phenolic OH excluding ortho intramolecular Hbond substituents is 1. The van der Waals surface area contributed by atoms with Gasteiger partial charge in [0.1, 0.15) is 29.8 Å². The van der Waals surface area contributed by atoms with Crippen molar-refractivity contribution < 1.29 is 29.9 Å².